The topological polar surface area (TPSA) is 60.6 Å². The summed E-state index contributed by atoms with van der Waals surface area (Å²) in [5, 5.41) is 9.33. The molecule has 0 unspecified atom stereocenters. The molecule has 38 heavy (non-hydrogen) atoms. The van der Waals surface area contributed by atoms with Crippen LogP contribution in [0.4, 0.5) is 5.69 Å². The highest BCUT2D eigenvalue weighted by Gasteiger charge is 2.30. The molecule has 1 aliphatic rings. The summed E-state index contributed by atoms with van der Waals surface area (Å²) in [5.41, 5.74) is 4.76. The summed E-state index contributed by atoms with van der Waals surface area (Å²) in [6.45, 7) is 1.08. The third-order valence-corrected chi connectivity index (χ3v) is 7.69. The van der Waals surface area contributed by atoms with E-state index in [9.17, 15) is 4.79 Å². The van der Waals surface area contributed by atoms with Gasteiger partial charge in [-0.1, -0.05) is 65.1 Å². The van der Waals surface area contributed by atoms with Crippen LogP contribution in [0.2, 0.25) is 15.1 Å². The van der Waals surface area contributed by atoms with Gasteiger partial charge in [0.1, 0.15) is 23.7 Å². The van der Waals surface area contributed by atoms with E-state index in [4.69, 9.17) is 44.6 Å². The summed E-state index contributed by atoms with van der Waals surface area (Å²) in [6, 6.07) is 22.2. The summed E-state index contributed by atoms with van der Waals surface area (Å²) < 4.78 is 9.99. The second kappa shape index (κ2) is 10.4. The van der Waals surface area contributed by atoms with Crippen molar-refractivity contribution in [3.63, 3.8) is 0 Å². The minimum atomic E-state index is -0.296. The molecule has 6 rings (SSSR count). The predicted molar refractivity (Wildman–Crippen MR) is 152 cm³/mol. The van der Waals surface area contributed by atoms with E-state index >= 15 is 0 Å². The zero-order valence-corrected chi connectivity index (χ0v) is 22.5. The highest BCUT2D eigenvalue weighted by molar-refractivity contribution is 6.42. The number of amides is 1. The second-order valence-electron chi connectivity index (χ2n) is 9.15. The number of rotatable bonds is 6. The highest BCUT2D eigenvalue weighted by Crippen LogP contribution is 2.38. The lowest BCUT2D eigenvalue weighted by Gasteiger charge is -2.10. The van der Waals surface area contributed by atoms with E-state index in [2.05, 4.69) is 9.88 Å². The van der Waals surface area contributed by atoms with Gasteiger partial charge in [-0.2, -0.15) is 0 Å². The lowest BCUT2D eigenvalue weighted by molar-refractivity contribution is 0.102. The van der Waals surface area contributed by atoms with E-state index in [1.165, 1.54) is 0 Å². The lowest BCUT2D eigenvalue weighted by atomic mass is 9.98. The summed E-state index contributed by atoms with van der Waals surface area (Å²) in [5.74, 6) is 1.23. The molecule has 0 atom stereocenters. The predicted octanol–water partition coefficient (Wildman–Crippen LogP) is 7.93. The molecule has 1 aliphatic heterocycles. The average molecular weight is 566 g/mol. The number of benzene rings is 3. The molecule has 0 spiro atoms. The average Bonchev–Trinajstić information content (AvgIpc) is 3.32. The highest BCUT2D eigenvalue weighted by atomic mass is 35.5. The van der Waals surface area contributed by atoms with Gasteiger partial charge in [0.15, 0.2) is 5.82 Å². The van der Waals surface area contributed by atoms with Crippen LogP contribution in [0.5, 0.6) is 5.75 Å². The van der Waals surface area contributed by atoms with Crippen molar-refractivity contribution in [3.8, 4) is 16.9 Å². The fraction of sp³-hybridized carbons (Fsp3) is 0.172. The van der Waals surface area contributed by atoms with Crippen LogP contribution in [0.3, 0.4) is 0 Å². The molecule has 0 bridgehead atoms. The van der Waals surface area contributed by atoms with Crippen LogP contribution < -0.4 is 10.1 Å². The summed E-state index contributed by atoms with van der Waals surface area (Å²) >= 11 is 18.5. The monoisotopic (exact) mass is 564 g/mol. The first-order valence-corrected chi connectivity index (χ1v) is 13.5. The summed E-state index contributed by atoms with van der Waals surface area (Å²) in [7, 11) is 0. The van der Waals surface area contributed by atoms with Crippen molar-refractivity contribution in [2.45, 2.75) is 32.4 Å². The minimum absolute atomic E-state index is 0.287. The van der Waals surface area contributed by atoms with E-state index in [1.54, 1.807) is 22.7 Å². The molecule has 0 saturated heterocycles. The van der Waals surface area contributed by atoms with Crippen molar-refractivity contribution in [3.05, 3.63) is 105 Å². The number of carbonyl (C=O) groups excluding carboxylic acids is 1. The van der Waals surface area contributed by atoms with Crippen molar-refractivity contribution in [1.82, 2.24) is 14.2 Å². The molecule has 2 aromatic heterocycles. The smallest absolute Gasteiger partial charge is 0.275 e. The van der Waals surface area contributed by atoms with Crippen molar-refractivity contribution >= 4 is 52.0 Å². The Hall–Kier alpha value is -3.45. The van der Waals surface area contributed by atoms with E-state index in [-0.39, 0.29) is 12.5 Å². The van der Waals surface area contributed by atoms with E-state index < -0.39 is 0 Å². The molecule has 9 heteroatoms. The fourth-order valence-corrected chi connectivity index (χ4v) is 5.40. The van der Waals surface area contributed by atoms with Crippen LogP contribution in [0.1, 0.15) is 34.7 Å². The summed E-state index contributed by atoms with van der Waals surface area (Å²) in [4.78, 5) is 13.9. The Kier molecular flexibility index (Phi) is 6.78. The van der Waals surface area contributed by atoms with Crippen LogP contribution in [-0.4, -0.2) is 20.1 Å². The number of anilines is 1. The molecule has 0 fully saturated rings. The van der Waals surface area contributed by atoms with Gasteiger partial charge in [0.2, 0.25) is 0 Å². The maximum atomic E-state index is 13.9. The molecular formula is C29H23Cl3N4O2. The van der Waals surface area contributed by atoms with Gasteiger partial charge in [0, 0.05) is 28.4 Å². The van der Waals surface area contributed by atoms with E-state index in [1.807, 2.05) is 54.6 Å². The Morgan fingerprint density at radius 3 is 2.50 bits per heavy atom. The van der Waals surface area contributed by atoms with Gasteiger partial charge in [-0.05, 0) is 67.3 Å². The minimum Gasteiger partial charge on any atom is -0.486 e. The molecule has 3 aromatic carbocycles. The van der Waals surface area contributed by atoms with E-state index in [0.717, 1.165) is 59.7 Å². The molecule has 192 valence electrons. The van der Waals surface area contributed by atoms with Crippen LogP contribution in [-0.2, 0) is 19.6 Å². The van der Waals surface area contributed by atoms with Gasteiger partial charge in [-0.25, -0.2) is 4.52 Å². The fourth-order valence-electron chi connectivity index (χ4n) is 4.98. The Morgan fingerprint density at radius 2 is 1.74 bits per heavy atom. The third kappa shape index (κ3) is 4.64. The van der Waals surface area contributed by atoms with Gasteiger partial charge < -0.3 is 14.6 Å². The number of carbonyl (C=O) groups is 1. The maximum Gasteiger partial charge on any atom is 0.275 e. The molecule has 0 aliphatic carbocycles. The van der Waals surface area contributed by atoms with Crippen LogP contribution in [0.25, 0.3) is 16.8 Å². The standard InChI is InChI=1S/C29H23Cl3N4O2/c30-19-11-9-18(10-12-19)26-22-8-4-5-15-35-25(17-38-21-6-2-1-3-7-21)34-36(29(22)35)27(26)28(37)33-20-13-14-23(31)24(32)16-20/h1-3,6-7,9-14,16H,4-5,8,15,17H2,(H,33,37). The largest absolute Gasteiger partial charge is 0.486 e. The van der Waals surface area contributed by atoms with Crippen LogP contribution in [0, 0.1) is 0 Å². The number of hydrogen-bond donors (Lipinski definition) is 1. The number of nitrogens with zero attached hydrogens (tertiary/aromatic N) is 3. The molecule has 5 aromatic rings. The Labute approximate surface area is 234 Å². The number of aryl methyl sites for hydroxylation is 2. The molecule has 0 saturated carbocycles. The number of ether oxygens (including phenoxy) is 1. The second-order valence-corrected chi connectivity index (χ2v) is 10.4. The number of halogens is 3. The zero-order chi connectivity index (χ0) is 26.2. The Bertz CT molecular complexity index is 1640. The third-order valence-electron chi connectivity index (χ3n) is 6.70. The van der Waals surface area contributed by atoms with Crippen LogP contribution >= 0.6 is 34.8 Å². The molecular weight excluding hydrogens is 543 g/mol. The number of aromatic nitrogens is 3. The van der Waals surface area contributed by atoms with Crippen molar-refractivity contribution < 1.29 is 9.53 Å². The van der Waals surface area contributed by atoms with Gasteiger partial charge in [-0.3, -0.25) is 4.79 Å². The van der Waals surface area contributed by atoms with Gasteiger partial charge in [0.05, 0.1) is 10.0 Å². The van der Waals surface area contributed by atoms with Crippen molar-refractivity contribution in [2.75, 3.05) is 5.32 Å². The first kappa shape index (κ1) is 24.9. The molecule has 0 radical (unpaired) electrons. The van der Waals surface area contributed by atoms with Crippen LogP contribution in [0.15, 0.2) is 72.8 Å². The number of nitrogens with one attached hydrogen (secondary N) is 1. The Morgan fingerprint density at radius 1 is 0.947 bits per heavy atom. The molecule has 1 amide bonds. The normalized spacial score (nSPS) is 12.9. The first-order chi connectivity index (χ1) is 18.5. The van der Waals surface area contributed by atoms with E-state index in [0.29, 0.717) is 26.4 Å². The molecule has 6 nitrogen and oxygen atoms in total. The SMILES string of the molecule is O=C(Nc1ccc(Cl)c(Cl)c1)c1c(-c2ccc(Cl)cc2)c2c3n(c(COc4ccccc4)nn13)CCCC2. The maximum absolute atomic E-state index is 13.9. The lowest BCUT2D eigenvalue weighted by Crippen LogP contribution is -2.16. The quantitative estimate of drug-likeness (QED) is 0.227. The zero-order valence-electron chi connectivity index (χ0n) is 20.3. The molecule has 1 N–H and O–H groups in total. The number of hydrogen-bond acceptors (Lipinski definition) is 3. The number of para-hydroxylation sites is 1. The molecule has 3 heterocycles. The Balaban J connectivity index is 1.50. The van der Waals surface area contributed by atoms with Gasteiger partial charge >= 0.3 is 0 Å². The summed E-state index contributed by atoms with van der Waals surface area (Å²) in [6.07, 6.45) is 2.82. The first-order valence-electron chi connectivity index (χ1n) is 12.3. The van der Waals surface area contributed by atoms with Gasteiger partial charge in [0.25, 0.3) is 5.91 Å². The van der Waals surface area contributed by atoms with Gasteiger partial charge in [-0.15, -0.1) is 5.10 Å². The van der Waals surface area contributed by atoms with Crippen molar-refractivity contribution in [1.29, 1.82) is 0 Å². The van der Waals surface area contributed by atoms with Crippen molar-refractivity contribution in [2.24, 2.45) is 0 Å².